The van der Waals surface area contributed by atoms with Crippen molar-refractivity contribution in [3.05, 3.63) is 0 Å². The van der Waals surface area contributed by atoms with Gasteiger partial charge < -0.3 is 9.22 Å². The molecular formula is C26H50NO+. The Labute approximate surface area is 176 Å². The zero-order chi connectivity index (χ0) is 20.4. The first-order valence-corrected chi connectivity index (χ1v) is 12.9. The van der Waals surface area contributed by atoms with E-state index in [1.54, 1.807) is 0 Å². The third-order valence-corrected chi connectivity index (χ3v) is 9.49. The first-order valence-electron chi connectivity index (χ1n) is 12.9. The molecule has 2 heterocycles. The molecule has 2 aliphatic heterocycles. The lowest BCUT2D eigenvalue weighted by atomic mass is 9.72. The molecule has 0 radical (unpaired) electrons. The molecule has 2 saturated heterocycles. The van der Waals surface area contributed by atoms with Crippen LogP contribution in [-0.2, 0) is 4.74 Å². The maximum absolute atomic E-state index is 7.00. The van der Waals surface area contributed by atoms with Gasteiger partial charge in [-0.15, -0.1) is 0 Å². The lowest BCUT2D eigenvalue weighted by Crippen LogP contribution is -2.58. The highest BCUT2D eigenvalue weighted by molar-refractivity contribution is 5.16. The summed E-state index contributed by atoms with van der Waals surface area (Å²) in [6, 6.07) is 0. The van der Waals surface area contributed by atoms with Crippen LogP contribution in [0.1, 0.15) is 106 Å². The molecule has 0 amide bonds. The minimum atomic E-state index is 0.126. The lowest BCUT2D eigenvalue weighted by molar-refractivity contribution is -0.956. The predicted molar refractivity (Wildman–Crippen MR) is 120 cm³/mol. The molecule has 0 aromatic heterocycles. The number of rotatable bonds is 12. The van der Waals surface area contributed by atoms with Gasteiger partial charge in [-0.2, -0.15) is 0 Å². The van der Waals surface area contributed by atoms with Crippen LogP contribution < -0.4 is 0 Å². The highest BCUT2D eigenvalue weighted by atomic mass is 16.5. The average Bonchev–Trinajstić information content (AvgIpc) is 3.19. The lowest BCUT2D eigenvalue weighted by Gasteiger charge is -2.43. The fourth-order valence-corrected chi connectivity index (χ4v) is 8.11. The van der Waals surface area contributed by atoms with Gasteiger partial charge in [-0.1, -0.05) is 66.7 Å². The Morgan fingerprint density at radius 2 is 1.64 bits per heavy atom. The van der Waals surface area contributed by atoms with Crippen molar-refractivity contribution in [3.8, 4) is 0 Å². The van der Waals surface area contributed by atoms with Gasteiger partial charge in [0.15, 0.2) is 0 Å². The molecule has 0 unspecified atom stereocenters. The molecule has 0 bridgehead atoms. The maximum Gasteiger partial charge on any atom is 0.128 e. The Bertz CT molecular complexity index is 505. The minimum Gasteiger partial charge on any atom is -0.368 e. The molecule has 2 nitrogen and oxygen atoms in total. The van der Waals surface area contributed by atoms with Crippen LogP contribution in [0.3, 0.4) is 0 Å². The maximum atomic E-state index is 7.00. The third-order valence-electron chi connectivity index (χ3n) is 9.49. The Kier molecular flexibility index (Phi) is 7.24. The molecule has 0 N–H and O–H groups in total. The van der Waals surface area contributed by atoms with Crippen molar-refractivity contribution in [2.45, 2.75) is 117 Å². The number of quaternary nitrogens is 1. The van der Waals surface area contributed by atoms with E-state index in [0.29, 0.717) is 11.5 Å². The van der Waals surface area contributed by atoms with E-state index in [1.807, 2.05) is 0 Å². The first-order chi connectivity index (χ1) is 13.4. The summed E-state index contributed by atoms with van der Waals surface area (Å²) in [5, 5.41) is 0. The Balaban J connectivity index is 1.81. The summed E-state index contributed by atoms with van der Waals surface area (Å²) >= 11 is 0. The Morgan fingerprint density at radius 1 is 0.964 bits per heavy atom. The smallest absolute Gasteiger partial charge is 0.128 e. The van der Waals surface area contributed by atoms with Gasteiger partial charge in [0, 0.05) is 24.4 Å². The van der Waals surface area contributed by atoms with E-state index < -0.39 is 0 Å². The van der Waals surface area contributed by atoms with E-state index in [4.69, 9.17) is 4.74 Å². The van der Waals surface area contributed by atoms with Crippen molar-refractivity contribution in [2.75, 3.05) is 26.2 Å². The van der Waals surface area contributed by atoms with Crippen molar-refractivity contribution >= 4 is 0 Å². The fourth-order valence-electron chi connectivity index (χ4n) is 8.11. The van der Waals surface area contributed by atoms with Crippen molar-refractivity contribution in [3.63, 3.8) is 0 Å². The van der Waals surface area contributed by atoms with E-state index in [0.717, 1.165) is 24.4 Å². The van der Waals surface area contributed by atoms with Gasteiger partial charge >= 0.3 is 0 Å². The summed E-state index contributed by atoms with van der Waals surface area (Å²) in [5.74, 6) is 3.22. The average molecular weight is 393 g/mol. The molecule has 1 aliphatic carbocycles. The summed E-state index contributed by atoms with van der Waals surface area (Å²) in [6.07, 6.45) is 13.7. The summed E-state index contributed by atoms with van der Waals surface area (Å²) in [4.78, 5) is 0. The van der Waals surface area contributed by atoms with Crippen molar-refractivity contribution in [1.29, 1.82) is 0 Å². The molecule has 1 saturated carbocycles. The molecule has 3 fully saturated rings. The van der Waals surface area contributed by atoms with E-state index in [1.165, 1.54) is 88.3 Å². The van der Waals surface area contributed by atoms with E-state index in [-0.39, 0.29) is 5.60 Å². The molecule has 3 rings (SSSR count). The minimum absolute atomic E-state index is 0.126. The van der Waals surface area contributed by atoms with Crippen LogP contribution in [0.15, 0.2) is 0 Å². The van der Waals surface area contributed by atoms with E-state index in [9.17, 15) is 0 Å². The predicted octanol–water partition coefficient (Wildman–Crippen LogP) is 6.82. The third kappa shape index (κ3) is 3.49. The van der Waals surface area contributed by atoms with Gasteiger partial charge in [0.2, 0.25) is 0 Å². The molecular weight excluding hydrogens is 342 g/mol. The van der Waals surface area contributed by atoms with Crippen LogP contribution >= 0.6 is 0 Å². The number of hydrogen-bond donors (Lipinski definition) is 0. The highest BCUT2D eigenvalue weighted by Gasteiger charge is 2.77. The largest absolute Gasteiger partial charge is 0.368 e. The second-order valence-corrected chi connectivity index (χ2v) is 11.2. The second-order valence-electron chi connectivity index (χ2n) is 11.2. The molecule has 164 valence electrons. The van der Waals surface area contributed by atoms with Gasteiger partial charge in [-0.3, -0.25) is 0 Å². The van der Waals surface area contributed by atoms with Gasteiger partial charge in [0.05, 0.1) is 13.1 Å². The van der Waals surface area contributed by atoms with Crippen LogP contribution in [-0.4, -0.2) is 41.9 Å². The molecule has 3 aliphatic rings. The number of ether oxygens (including phenoxy) is 1. The molecule has 0 spiro atoms. The molecule has 0 aromatic carbocycles. The quantitative estimate of drug-likeness (QED) is 0.261. The van der Waals surface area contributed by atoms with Gasteiger partial charge in [0.25, 0.3) is 0 Å². The monoisotopic (exact) mass is 392 g/mol. The number of unbranched alkanes of at least 4 members (excludes halogenated alkanes) is 6. The fraction of sp³-hybridized carbons (Fsp3) is 1.00. The Morgan fingerprint density at radius 3 is 2.29 bits per heavy atom. The van der Waals surface area contributed by atoms with Crippen molar-refractivity contribution in [1.82, 2.24) is 0 Å². The molecule has 2 heteroatoms. The topological polar surface area (TPSA) is 9.23 Å². The van der Waals surface area contributed by atoms with Gasteiger partial charge in [0.1, 0.15) is 17.7 Å². The number of hydrogen-bond acceptors (Lipinski definition) is 1. The summed E-state index contributed by atoms with van der Waals surface area (Å²) in [5.41, 5.74) is 0.597. The zero-order valence-corrected chi connectivity index (χ0v) is 20.1. The van der Waals surface area contributed by atoms with Crippen molar-refractivity contribution in [2.24, 2.45) is 23.7 Å². The summed E-state index contributed by atoms with van der Waals surface area (Å²) < 4.78 is 8.39. The van der Waals surface area contributed by atoms with Crippen LogP contribution in [0.2, 0.25) is 0 Å². The van der Waals surface area contributed by atoms with Gasteiger partial charge in [-0.25, -0.2) is 0 Å². The first kappa shape index (κ1) is 22.6. The summed E-state index contributed by atoms with van der Waals surface area (Å²) in [7, 11) is 0. The van der Waals surface area contributed by atoms with Crippen LogP contribution in [0, 0.1) is 23.7 Å². The summed E-state index contributed by atoms with van der Waals surface area (Å²) in [6.45, 7) is 19.9. The van der Waals surface area contributed by atoms with Crippen molar-refractivity contribution < 1.29 is 9.22 Å². The molecule has 6 atom stereocenters. The van der Waals surface area contributed by atoms with Crippen LogP contribution in [0.4, 0.5) is 0 Å². The highest BCUT2D eigenvalue weighted by Crippen LogP contribution is 2.66. The van der Waals surface area contributed by atoms with Gasteiger partial charge in [-0.05, 0) is 44.9 Å². The standard InChI is InChI=1S/C26H50NO/c1-7-9-11-13-17-27-19-22(5)23-15-16-24(25(23,27)6)26(20-27,21(3)4)28-18-14-12-10-8-2/h21-24H,7-20H2,1-6H3/q+1/t22-,23+,24+,25-,26+,27+/m1/s1. The SMILES string of the molecule is CCCCCCO[C@]1(C(C)C)C[N@+]2(CCCCCC)C[C@@H](C)[C@@H]3CC[C@H]1[C@@]32C. The molecule has 28 heavy (non-hydrogen) atoms. The van der Waals surface area contributed by atoms with Crippen LogP contribution in [0.5, 0.6) is 0 Å². The van der Waals surface area contributed by atoms with Crippen LogP contribution in [0.25, 0.3) is 0 Å². The normalized spacial score (nSPS) is 41.9. The number of nitrogens with zero attached hydrogens (tertiary/aromatic N) is 1. The van der Waals surface area contributed by atoms with E-state index >= 15 is 0 Å². The Hall–Kier alpha value is -0.0800. The second kappa shape index (κ2) is 8.96. The molecule has 0 aromatic rings. The van der Waals surface area contributed by atoms with E-state index in [2.05, 4.69) is 41.5 Å². The zero-order valence-electron chi connectivity index (χ0n) is 20.1.